The van der Waals surface area contributed by atoms with Crippen molar-refractivity contribution in [1.82, 2.24) is 5.43 Å². The van der Waals surface area contributed by atoms with Gasteiger partial charge in [-0.15, -0.1) is 0 Å². The van der Waals surface area contributed by atoms with E-state index >= 15 is 0 Å². The summed E-state index contributed by atoms with van der Waals surface area (Å²) in [6.07, 6.45) is 9.25. The highest BCUT2D eigenvalue weighted by atomic mass is 16.3. The molecular formula is C11H26N2O. The summed E-state index contributed by atoms with van der Waals surface area (Å²) in [7, 11) is 0. The molecule has 1 atom stereocenters. The summed E-state index contributed by atoms with van der Waals surface area (Å²) in [5, 5.41) is 9.31. The van der Waals surface area contributed by atoms with Crippen LogP contribution < -0.4 is 11.3 Å². The third-order valence-electron chi connectivity index (χ3n) is 2.58. The maximum Gasteiger partial charge on any atom is 0.0537 e. The molecule has 0 heterocycles. The van der Waals surface area contributed by atoms with E-state index in [1.54, 1.807) is 0 Å². The first-order chi connectivity index (χ1) is 6.81. The van der Waals surface area contributed by atoms with Gasteiger partial charge in [0.1, 0.15) is 0 Å². The maximum atomic E-state index is 9.31. The van der Waals surface area contributed by atoms with Gasteiger partial charge >= 0.3 is 0 Å². The van der Waals surface area contributed by atoms with Crippen molar-refractivity contribution in [1.29, 1.82) is 0 Å². The molecule has 3 nitrogen and oxygen atoms in total. The Morgan fingerprint density at radius 2 is 1.64 bits per heavy atom. The van der Waals surface area contributed by atoms with Crippen LogP contribution in [0.1, 0.15) is 58.3 Å². The van der Waals surface area contributed by atoms with Crippen molar-refractivity contribution in [3.05, 3.63) is 0 Å². The van der Waals surface area contributed by atoms with Crippen LogP contribution in [0.4, 0.5) is 0 Å². The van der Waals surface area contributed by atoms with E-state index in [9.17, 15) is 5.11 Å². The number of hydrazine groups is 1. The van der Waals surface area contributed by atoms with Crippen LogP contribution in [-0.4, -0.2) is 17.8 Å². The smallest absolute Gasteiger partial charge is 0.0537 e. The highest BCUT2D eigenvalue weighted by Crippen LogP contribution is 2.09. The third kappa shape index (κ3) is 9.96. The van der Waals surface area contributed by atoms with Crippen LogP contribution >= 0.6 is 0 Å². The molecule has 1 unspecified atom stereocenters. The first-order valence-corrected chi connectivity index (χ1v) is 5.92. The Labute approximate surface area is 88.0 Å². The van der Waals surface area contributed by atoms with Crippen LogP contribution in [0, 0.1) is 0 Å². The van der Waals surface area contributed by atoms with Crippen LogP contribution in [0.2, 0.25) is 0 Å². The molecule has 0 aromatic rings. The van der Waals surface area contributed by atoms with E-state index in [2.05, 4.69) is 5.43 Å². The molecule has 3 heteroatoms. The number of nitrogens with one attached hydrogen (secondary N) is 1. The molecule has 0 aliphatic carbocycles. The van der Waals surface area contributed by atoms with E-state index in [1.807, 2.05) is 6.92 Å². The van der Waals surface area contributed by atoms with Crippen LogP contribution in [0.15, 0.2) is 0 Å². The fraction of sp³-hybridized carbons (Fsp3) is 1.00. The van der Waals surface area contributed by atoms with Crippen LogP contribution in [-0.2, 0) is 0 Å². The monoisotopic (exact) mass is 202 g/mol. The molecular weight excluding hydrogens is 176 g/mol. The summed E-state index contributed by atoms with van der Waals surface area (Å²) in [6.45, 7) is 2.96. The van der Waals surface area contributed by atoms with Crippen molar-refractivity contribution >= 4 is 0 Å². The zero-order valence-electron chi connectivity index (χ0n) is 9.47. The average Bonchev–Trinajstić information content (AvgIpc) is 2.21. The fourth-order valence-electron chi connectivity index (χ4n) is 1.52. The number of unbranched alkanes of at least 4 members (excludes halogenated alkanes) is 5. The number of rotatable bonds is 10. The van der Waals surface area contributed by atoms with E-state index in [4.69, 9.17) is 5.84 Å². The molecule has 0 aromatic carbocycles. The SMILES string of the molecule is CCC(O)CCCCCCCCNN. The highest BCUT2D eigenvalue weighted by Gasteiger charge is 1.99. The summed E-state index contributed by atoms with van der Waals surface area (Å²) < 4.78 is 0. The Morgan fingerprint density at radius 3 is 2.21 bits per heavy atom. The zero-order chi connectivity index (χ0) is 10.6. The average molecular weight is 202 g/mol. The summed E-state index contributed by atoms with van der Waals surface area (Å²) >= 11 is 0. The van der Waals surface area contributed by atoms with Crippen molar-refractivity contribution < 1.29 is 5.11 Å². The van der Waals surface area contributed by atoms with E-state index < -0.39 is 0 Å². The number of aliphatic hydroxyl groups excluding tert-OH is 1. The molecule has 0 aromatic heterocycles. The van der Waals surface area contributed by atoms with Crippen LogP contribution in [0.5, 0.6) is 0 Å². The van der Waals surface area contributed by atoms with Gasteiger partial charge in [0.15, 0.2) is 0 Å². The lowest BCUT2D eigenvalue weighted by Crippen LogP contribution is -2.22. The van der Waals surface area contributed by atoms with Gasteiger partial charge in [-0.1, -0.05) is 39.0 Å². The van der Waals surface area contributed by atoms with Gasteiger partial charge in [-0.3, -0.25) is 11.3 Å². The molecule has 0 aliphatic heterocycles. The highest BCUT2D eigenvalue weighted by molar-refractivity contribution is 4.53. The molecule has 0 rings (SSSR count). The first kappa shape index (κ1) is 13.9. The normalized spacial score (nSPS) is 13.1. The molecule has 0 amide bonds. The Bertz CT molecular complexity index is 109. The van der Waals surface area contributed by atoms with Crippen LogP contribution in [0.25, 0.3) is 0 Å². The van der Waals surface area contributed by atoms with Gasteiger partial charge in [0.2, 0.25) is 0 Å². The number of nitrogens with two attached hydrogens (primary N) is 1. The number of aliphatic hydroxyl groups is 1. The second-order valence-corrected chi connectivity index (χ2v) is 3.93. The van der Waals surface area contributed by atoms with Crippen molar-refractivity contribution in [3.8, 4) is 0 Å². The zero-order valence-corrected chi connectivity index (χ0v) is 9.47. The second-order valence-electron chi connectivity index (χ2n) is 3.93. The lowest BCUT2D eigenvalue weighted by molar-refractivity contribution is 0.156. The number of hydrogen-bond donors (Lipinski definition) is 3. The van der Waals surface area contributed by atoms with Gasteiger partial charge in [-0.25, -0.2) is 0 Å². The second kappa shape index (κ2) is 11.0. The predicted octanol–water partition coefficient (Wildman–Crippen LogP) is 1.95. The Balaban J connectivity index is 2.92. The summed E-state index contributed by atoms with van der Waals surface area (Å²) in [5.74, 6) is 5.16. The quantitative estimate of drug-likeness (QED) is 0.288. The minimum absolute atomic E-state index is 0.0727. The lowest BCUT2D eigenvalue weighted by Gasteiger charge is -2.06. The van der Waals surface area contributed by atoms with E-state index in [1.165, 1.54) is 38.5 Å². The number of hydrogen-bond acceptors (Lipinski definition) is 3. The van der Waals surface area contributed by atoms with Gasteiger partial charge in [-0.2, -0.15) is 0 Å². The molecule has 0 aliphatic rings. The molecule has 0 saturated carbocycles. The Kier molecular flexibility index (Phi) is 10.9. The van der Waals surface area contributed by atoms with Gasteiger partial charge in [0.25, 0.3) is 0 Å². The summed E-state index contributed by atoms with van der Waals surface area (Å²) in [5.41, 5.74) is 2.66. The first-order valence-electron chi connectivity index (χ1n) is 5.92. The minimum atomic E-state index is -0.0727. The lowest BCUT2D eigenvalue weighted by atomic mass is 10.1. The molecule has 14 heavy (non-hydrogen) atoms. The molecule has 0 radical (unpaired) electrons. The van der Waals surface area contributed by atoms with Crippen molar-refractivity contribution in [2.45, 2.75) is 64.4 Å². The van der Waals surface area contributed by atoms with Gasteiger partial charge in [0, 0.05) is 6.54 Å². The molecule has 0 fully saturated rings. The Hall–Kier alpha value is -0.120. The van der Waals surface area contributed by atoms with E-state index in [0.717, 1.165) is 19.4 Å². The molecule has 0 bridgehead atoms. The standard InChI is InChI=1S/C11H26N2O/c1-2-11(14)9-7-5-3-4-6-8-10-13-12/h11,13-14H,2-10,12H2,1H3. The fourth-order valence-corrected chi connectivity index (χ4v) is 1.52. The predicted molar refractivity (Wildman–Crippen MR) is 60.8 cm³/mol. The summed E-state index contributed by atoms with van der Waals surface area (Å²) in [4.78, 5) is 0. The van der Waals surface area contributed by atoms with Crippen molar-refractivity contribution in [2.24, 2.45) is 5.84 Å². The third-order valence-corrected chi connectivity index (χ3v) is 2.58. The van der Waals surface area contributed by atoms with Crippen molar-refractivity contribution in [3.63, 3.8) is 0 Å². The molecule has 0 saturated heterocycles. The largest absolute Gasteiger partial charge is 0.393 e. The van der Waals surface area contributed by atoms with Crippen LogP contribution in [0.3, 0.4) is 0 Å². The topological polar surface area (TPSA) is 58.3 Å². The molecule has 86 valence electrons. The summed E-state index contributed by atoms with van der Waals surface area (Å²) in [6, 6.07) is 0. The van der Waals surface area contributed by atoms with Gasteiger partial charge in [0.05, 0.1) is 6.10 Å². The molecule has 4 N–H and O–H groups in total. The molecule has 0 spiro atoms. The van der Waals surface area contributed by atoms with Gasteiger partial charge < -0.3 is 5.11 Å². The van der Waals surface area contributed by atoms with Crippen molar-refractivity contribution in [2.75, 3.05) is 6.54 Å². The maximum absolute atomic E-state index is 9.31. The van der Waals surface area contributed by atoms with Gasteiger partial charge in [-0.05, 0) is 19.3 Å². The van der Waals surface area contributed by atoms with E-state index in [-0.39, 0.29) is 6.10 Å². The Morgan fingerprint density at radius 1 is 1.07 bits per heavy atom. The van der Waals surface area contributed by atoms with E-state index in [0.29, 0.717) is 0 Å². The minimum Gasteiger partial charge on any atom is -0.393 e.